The third kappa shape index (κ3) is 4.19. The molecule has 2 unspecified atom stereocenters. The largest absolute Gasteiger partial charge is 0.481 e. The average Bonchev–Trinajstić information content (AvgIpc) is 2.45. The van der Waals surface area contributed by atoms with Gasteiger partial charge in [0.05, 0.1) is 6.42 Å². The number of hydrogen-bond donors (Lipinski definition) is 1. The molecule has 2 fully saturated rings. The van der Waals surface area contributed by atoms with Crippen molar-refractivity contribution in [2.24, 2.45) is 11.8 Å². The Morgan fingerprint density at radius 1 is 1.15 bits per heavy atom. The zero-order valence-corrected chi connectivity index (χ0v) is 13.1. The Kier molecular flexibility index (Phi) is 5.85. The van der Waals surface area contributed by atoms with E-state index in [2.05, 4.69) is 23.6 Å². The summed E-state index contributed by atoms with van der Waals surface area (Å²) in [5.74, 6) is 0.958. The lowest BCUT2D eigenvalue weighted by atomic mass is 9.77. The molecule has 0 aromatic rings. The van der Waals surface area contributed by atoms with Crippen molar-refractivity contribution in [3.05, 3.63) is 0 Å². The van der Waals surface area contributed by atoms with Crippen molar-refractivity contribution in [1.29, 1.82) is 0 Å². The minimum atomic E-state index is -0.681. The number of nitrogens with zero attached hydrogens (tertiary/aromatic N) is 2. The summed E-state index contributed by atoms with van der Waals surface area (Å²) in [6, 6.07) is 0.769. The van der Waals surface area contributed by atoms with E-state index in [-0.39, 0.29) is 6.42 Å². The van der Waals surface area contributed by atoms with Crippen LogP contribution in [0, 0.1) is 11.8 Å². The molecule has 1 N–H and O–H groups in total. The highest BCUT2D eigenvalue weighted by Crippen LogP contribution is 2.33. The van der Waals surface area contributed by atoms with Crippen LogP contribution >= 0.6 is 0 Å². The van der Waals surface area contributed by atoms with Gasteiger partial charge in [0.15, 0.2) is 0 Å². The second-order valence-corrected chi connectivity index (χ2v) is 6.78. The monoisotopic (exact) mass is 282 g/mol. The topological polar surface area (TPSA) is 43.8 Å². The van der Waals surface area contributed by atoms with Crippen LogP contribution in [0.2, 0.25) is 0 Å². The van der Waals surface area contributed by atoms with Gasteiger partial charge in [0, 0.05) is 38.8 Å². The molecule has 2 rings (SSSR count). The first-order valence-electron chi connectivity index (χ1n) is 8.26. The van der Waals surface area contributed by atoms with Crippen LogP contribution in [0.1, 0.15) is 46.0 Å². The number of aliphatic carboxylic acids is 1. The first kappa shape index (κ1) is 15.8. The smallest absolute Gasteiger partial charge is 0.304 e. The minimum absolute atomic E-state index is 0.276. The molecule has 2 aliphatic rings. The molecule has 0 aromatic carbocycles. The molecular weight excluding hydrogens is 252 g/mol. The third-order valence-corrected chi connectivity index (χ3v) is 5.16. The lowest BCUT2D eigenvalue weighted by Gasteiger charge is -2.45. The van der Waals surface area contributed by atoms with Gasteiger partial charge in [-0.05, 0) is 24.7 Å². The fourth-order valence-corrected chi connectivity index (χ4v) is 3.94. The molecule has 0 bridgehead atoms. The Labute approximate surface area is 123 Å². The number of piperazine rings is 1. The van der Waals surface area contributed by atoms with E-state index in [4.69, 9.17) is 5.11 Å². The van der Waals surface area contributed by atoms with Crippen molar-refractivity contribution in [3.8, 4) is 0 Å². The van der Waals surface area contributed by atoms with E-state index in [0.717, 1.165) is 44.1 Å². The molecule has 1 aliphatic heterocycles. The Balaban J connectivity index is 1.81. The first-order valence-corrected chi connectivity index (χ1v) is 8.26. The summed E-state index contributed by atoms with van der Waals surface area (Å²) in [6.07, 6.45) is 5.81. The number of carboxylic acids is 1. The molecule has 1 heterocycles. The van der Waals surface area contributed by atoms with Crippen molar-refractivity contribution in [3.63, 3.8) is 0 Å². The molecule has 4 nitrogen and oxygen atoms in total. The fraction of sp³-hybridized carbons (Fsp3) is 0.938. The molecule has 2 atom stereocenters. The highest BCUT2D eigenvalue weighted by molar-refractivity contribution is 5.66. The van der Waals surface area contributed by atoms with Gasteiger partial charge in [-0.3, -0.25) is 9.69 Å². The van der Waals surface area contributed by atoms with Crippen LogP contribution in [0.5, 0.6) is 0 Å². The van der Waals surface area contributed by atoms with Gasteiger partial charge in [0.2, 0.25) is 0 Å². The molecule has 1 saturated heterocycles. The fourth-order valence-electron chi connectivity index (χ4n) is 3.94. The summed E-state index contributed by atoms with van der Waals surface area (Å²) in [5.41, 5.74) is 0. The van der Waals surface area contributed by atoms with Gasteiger partial charge in [0.25, 0.3) is 0 Å². The maximum absolute atomic E-state index is 10.6. The molecule has 0 amide bonds. The summed E-state index contributed by atoms with van der Waals surface area (Å²) in [4.78, 5) is 15.6. The molecule has 0 spiro atoms. The van der Waals surface area contributed by atoms with Crippen LogP contribution in [-0.2, 0) is 4.79 Å². The van der Waals surface area contributed by atoms with Crippen LogP contribution in [0.3, 0.4) is 0 Å². The van der Waals surface area contributed by atoms with E-state index in [9.17, 15) is 4.79 Å². The molecule has 0 radical (unpaired) electrons. The van der Waals surface area contributed by atoms with Gasteiger partial charge in [-0.2, -0.15) is 0 Å². The standard InChI is InChI=1S/C16H30N2O2/c1-13(2)14-5-3-4-6-15(14)18-11-9-17(10-12-18)8-7-16(19)20/h13-15H,3-12H2,1-2H3,(H,19,20). The highest BCUT2D eigenvalue weighted by atomic mass is 16.4. The molecule has 4 heteroatoms. The van der Waals surface area contributed by atoms with Crippen molar-refractivity contribution in [1.82, 2.24) is 9.80 Å². The first-order chi connectivity index (χ1) is 9.58. The number of carbonyl (C=O) groups is 1. The normalized spacial score (nSPS) is 29.8. The zero-order valence-electron chi connectivity index (χ0n) is 13.1. The summed E-state index contributed by atoms with van der Waals surface area (Å²) < 4.78 is 0. The maximum Gasteiger partial charge on any atom is 0.304 e. The van der Waals surface area contributed by atoms with Crippen LogP contribution < -0.4 is 0 Å². The Bertz CT molecular complexity index is 312. The molecule has 1 aliphatic carbocycles. The highest BCUT2D eigenvalue weighted by Gasteiger charge is 2.33. The van der Waals surface area contributed by atoms with E-state index in [1.807, 2.05) is 0 Å². The van der Waals surface area contributed by atoms with Crippen LogP contribution in [-0.4, -0.2) is 59.6 Å². The van der Waals surface area contributed by atoms with Crippen molar-refractivity contribution < 1.29 is 9.90 Å². The van der Waals surface area contributed by atoms with Gasteiger partial charge < -0.3 is 10.0 Å². The molecule has 1 saturated carbocycles. The molecule has 20 heavy (non-hydrogen) atoms. The van der Waals surface area contributed by atoms with E-state index < -0.39 is 5.97 Å². The molecule has 116 valence electrons. The molecular formula is C16H30N2O2. The average molecular weight is 282 g/mol. The van der Waals surface area contributed by atoms with Crippen molar-refractivity contribution in [2.75, 3.05) is 32.7 Å². The zero-order chi connectivity index (χ0) is 14.5. The minimum Gasteiger partial charge on any atom is -0.481 e. The van der Waals surface area contributed by atoms with Crippen molar-refractivity contribution >= 4 is 5.97 Å². The third-order valence-electron chi connectivity index (χ3n) is 5.16. The summed E-state index contributed by atoms with van der Waals surface area (Å²) >= 11 is 0. The summed E-state index contributed by atoms with van der Waals surface area (Å²) in [7, 11) is 0. The van der Waals surface area contributed by atoms with Gasteiger partial charge in [-0.15, -0.1) is 0 Å². The summed E-state index contributed by atoms with van der Waals surface area (Å²) in [6.45, 7) is 9.75. The Morgan fingerprint density at radius 2 is 1.80 bits per heavy atom. The number of carboxylic acid groups (broad SMARTS) is 1. The Morgan fingerprint density at radius 3 is 2.40 bits per heavy atom. The van der Waals surface area contributed by atoms with Gasteiger partial charge in [0.1, 0.15) is 0 Å². The van der Waals surface area contributed by atoms with Crippen molar-refractivity contribution in [2.45, 2.75) is 52.0 Å². The van der Waals surface area contributed by atoms with Crippen LogP contribution in [0.25, 0.3) is 0 Å². The quantitative estimate of drug-likeness (QED) is 0.840. The Hall–Kier alpha value is -0.610. The lowest BCUT2D eigenvalue weighted by Crippen LogP contribution is -2.53. The van der Waals surface area contributed by atoms with Gasteiger partial charge >= 0.3 is 5.97 Å². The maximum atomic E-state index is 10.6. The van der Waals surface area contributed by atoms with Crippen LogP contribution in [0.15, 0.2) is 0 Å². The number of hydrogen-bond acceptors (Lipinski definition) is 3. The molecule has 0 aromatic heterocycles. The van der Waals surface area contributed by atoms with E-state index in [1.54, 1.807) is 0 Å². The summed E-state index contributed by atoms with van der Waals surface area (Å²) in [5, 5.41) is 8.76. The van der Waals surface area contributed by atoms with E-state index >= 15 is 0 Å². The van der Waals surface area contributed by atoms with Gasteiger partial charge in [-0.1, -0.05) is 26.7 Å². The SMILES string of the molecule is CC(C)C1CCCCC1N1CCN(CCC(=O)O)CC1. The van der Waals surface area contributed by atoms with Crippen LogP contribution in [0.4, 0.5) is 0 Å². The lowest BCUT2D eigenvalue weighted by molar-refractivity contribution is -0.137. The predicted octanol–water partition coefficient (Wildman–Crippen LogP) is 2.29. The second-order valence-electron chi connectivity index (χ2n) is 6.78. The van der Waals surface area contributed by atoms with Gasteiger partial charge in [-0.25, -0.2) is 0 Å². The van der Waals surface area contributed by atoms with E-state index in [0.29, 0.717) is 6.54 Å². The van der Waals surface area contributed by atoms with E-state index in [1.165, 1.54) is 25.7 Å². The second kappa shape index (κ2) is 7.41. The number of rotatable bonds is 5. The predicted molar refractivity (Wildman–Crippen MR) is 80.8 cm³/mol.